The highest BCUT2D eigenvalue weighted by Gasteiger charge is 2.30. The van der Waals surface area contributed by atoms with Gasteiger partial charge in [0.05, 0.1) is 16.3 Å². The van der Waals surface area contributed by atoms with E-state index in [2.05, 4.69) is 20.7 Å². The number of thiazole rings is 1. The molecule has 2 aliphatic rings. The van der Waals surface area contributed by atoms with Crippen molar-refractivity contribution < 1.29 is 14.4 Å². The lowest BCUT2D eigenvalue weighted by Gasteiger charge is -2.35. The van der Waals surface area contributed by atoms with Crippen molar-refractivity contribution in [3.8, 4) is 10.7 Å². The first-order valence-corrected chi connectivity index (χ1v) is 13.2. The van der Waals surface area contributed by atoms with Crippen molar-refractivity contribution in [3.63, 3.8) is 0 Å². The van der Waals surface area contributed by atoms with E-state index < -0.39 is 11.8 Å². The SMILES string of the molecule is O=C(NCCc1csc2nc(-c3cccs3)nn12)C(=O)Nc1cc2c3c(c1)CCC(=O)N3CCC2. The Morgan fingerprint density at radius 2 is 1.94 bits per heavy atom. The molecule has 0 fully saturated rings. The lowest BCUT2D eigenvalue weighted by atomic mass is 9.91. The molecule has 9 nitrogen and oxygen atoms in total. The summed E-state index contributed by atoms with van der Waals surface area (Å²) >= 11 is 3.08. The van der Waals surface area contributed by atoms with Gasteiger partial charge >= 0.3 is 11.8 Å². The smallest absolute Gasteiger partial charge is 0.313 e. The van der Waals surface area contributed by atoms with E-state index in [0.717, 1.165) is 51.7 Å². The number of aromatic nitrogens is 3. The highest BCUT2D eigenvalue weighted by molar-refractivity contribution is 7.15. The van der Waals surface area contributed by atoms with Crippen LogP contribution in [0, 0.1) is 0 Å². The largest absolute Gasteiger partial charge is 0.347 e. The Bertz CT molecular complexity index is 1440. The highest BCUT2D eigenvalue weighted by Crippen LogP contribution is 2.37. The van der Waals surface area contributed by atoms with Crippen LogP contribution in [-0.2, 0) is 33.6 Å². The normalized spacial score (nSPS) is 14.7. The van der Waals surface area contributed by atoms with Crippen LogP contribution in [0.5, 0.6) is 0 Å². The number of thiophene rings is 1. The number of benzene rings is 1. The van der Waals surface area contributed by atoms with E-state index >= 15 is 0 Å². The van der Waals surface area contributed by atoms with E-state index in [1.54, 1.807) is 15.9 Å². The first-order valence-electron chi connectivity index (χ1n) is 11.5. The second kappa shape index (κ2) is 8.90. The molecule has 3 amide bonds. The van der Waals surface area contributed by atoms with Gasteiger partial charge in [-0.05, 0) is 54.0 Å². The summed E-state index contributed by atoms with van der Waals surface area (Å²) in [6.45, 7) is 1.05. The summed E-state index contributed by atoms with van der Waals surface area (Å²) in [5.74, 6) is -0.537. The van der Waals surface area contributed by atoms with Gasteiger partial charge in [-0.25, -0.2) is 4.52 Å². The van der Waals surface area contributed by atoms with Crippen molar-refractivity contribution >= 4 is 56.7 Å². The molecule has 35 heavy (non-hydrogen) atoms. The fourth-order valence-corrected chi connectivity index (χ4v) is 6.21. The van der Waals surface area contributed by atoms with Crippen LogP contribution in [-0.4, -0.2) is 45.4 Å². The van der Waals surface area contributed by atoms with Crippen LogP contribution in [0.15, 0.2) is 35.0 Å². The molecule has 178 valence electrons. The zero-order chi connectivity index (χ0) is 23.9. The zero-order valence-electron chi connectivity index (χ0n) is 18.7. The maximum absolute atomic E-state index is 12.5. The van der Waals surface area contributed by atoms with Gasteiger partial charge in [-0.1, -0.05) is 6.07 Å². The second-order valence-corrected chi connectivity index (χ2v) is 10.4. The third kappa shape index (κ3) is 4.10. The van der Waals surface area contributed by atoms with Gasteiger partial charge in [0.25, 0.3) is 0 Å². The topological polar surface area (TPSA) is 109 Å². The summed E-state index contributed by atoms with van der Waals surface area (Å²) < 4.78 is 1.79. The average Bonchev–Trinajstić information content (AvgIpc) is 3.59. The van der Waals surface area contributed by atoms with E-state index in [9.17, 15) is 14.4 Å². The van der Waals surface area contributed by atoms with Crippen molar-refractivity contribution in [2.24, 2.45) is 0 Å². The Kier molecular flexibility index (Phi) is 5.57. The molecule has 2 N–H and O–H groups in total. The molecule has 0 saturated heterocycles. The minimum atomic E-state index is -0.701. The average molecular weight is 507 g/mol. The van der Waals surface area contributed by atoms with Crippen LogP contribution in [0.4, 0.5) is 11.4 Å². The van der Waals surface area contributed by atoms with Gasteiger partial charge in [0.1, 0.15) is 0 Å². The molecule has 0 atom stereocenters. The highest BCUT2D eigenvalue weighted by atomic mass is 32.1. The fourth-order valence-electron chi connectivity index (χ4n) is 4.70. The Morgan fingerprint density at radius 3 is 2.77 bits per heavy atom. The number of hydrogen-bond donors (Lipinski definition) is 2. The number of nitrogens with one attached hydrogen (secondary N) is 2. The van der Waals surface area contributed by atoms with Gasteiger partial charge in [-0.15, -0.1) is 27.8 Å². The number of aryl methyl sites for hydroxylation is 2. The second-order valence-electron chi connectivity index (χ2n) is 8.59. The summed E-state index contributed by atoms with van der Waals surface area (Å²) in [6, 6.07) is 7.71. The van der Waals surface area contributed by atoms with Crippen LogP contribution < -0.4 is 15.5 Å². The summed E-state index contributed by atoms with van der Waals surface area (Å²) in [5.41, 5.74) is 4.61. The van der Waals surface area contributed by atoms with Crippen LogP contribution in [0.3, 0.4) is 0 Å². The molecule has 0 spiro atoms. The maximum Gasteiger partial charge on any atom is 0.313 e. The van der Waals surface area contributed by atoms with Crippen molar-refractivity contribution in [1.82, 2.24) is 19.9 Å². The van der Waals surface area contributed by atoms with Crippen molar-refractivity contribution in [2.45, 2.75) is 32.1 Å². The molecule has 5 heterocycles. The Hall–Kier alpha value is -3.57. The molecule has 3 aromatic heterocycles. The predicted molar refractivity (Wildman–Crippen MR) is 135 cm³/mol. The molecular weight excluding hydrogens is 484 g/mol. The molecule has 6 rings (SSSR count). The third-order valence-corrected chi connectivity index (χ3v) is 8.03. The third-order valence-electron chi connectivity index (χ3n) is 6.30. The summed E-state index contributed by atoms with van der Waals surface area (Å²) in [6.07, 6.45) is 3.40. The number of carbonyl (C=O) groups is 3. The maximum atomic E-state index is 12.5. The minimum absolute atomic E-state index is 0.158. The number of amides is 3. The molecule has 0 aliphatic carbocycles. The zero-order valence-corrected chi connectivity index (χ0v) is 20.4. The quantitative estimate of drug-likeness (QED) is 0.405. The Labute approximate surface area is 208 Å². The van der Waals surface area contributed by atoms with Gasteiger partial charge in [0.2, 0.25) is 10.9 Å². The standard InChI is InChI=1S/C24H22N6O3S2/c31-19-6-5-15-12-16(11-14-3-1-9-29(19)20(14)15)26-23(33)22(32)25-8-7-17-13-35-24-27-21(28-30(17)24)18-4-2-10-34-18/h2,4,10-13H,1,3,5-9H2,(H,25,32)(H,26,33). The Morgan fingerprint density at radius 1 is 1.09 bits per heavy atom. The summed E-state index contributed by atoms with van der Waals surface area (Å²) in [7, 11) is 0. The molecule has 0 bridgehead atoms. The van der Waals surface area contributed by atoms with Crippen molar-refractivity contribution in [1.29, 1.82) is 0 Å². The molecule has 2 aliphatic heterocycles. The number of carbonyl (C=O) groups excluding carboxylic acids is 3. The summed E-state index contributed by atoms with van der Waals surface area (Å²) in [5, 5.41) is 14.0. The van der Waals surface area contributed by atoms with Gasteiger partial charge in [0.15, 0.2) is 5.82 Å². The van der Waals surface area contributed by atoms with Crippen LogP contribution in [0.1, 0.15) is 29.7 Å². The molecule has 0 saturated carbocycles. The molecular formula is C24H22N6O3S2. The van der Waals surface area contributed by atoms with Crippen molar-refractivity contribution in [3.05, 3.63) is 51.8 Å². The molecule has 1 aromatic carbocycles. The van der Waals surface area contributed by atoms with E-state index in [1.165, 1.54) is 11.3 Å². The van der Waals surface area contributed by atoms with Crippen LogP contribution in [0.25, 0.3) is 15.7 Å². The van der Waals surface area contributed by atoms with Gasteiger partial charge in [0, 0.05) is 37.0 Å². The van der Waals surface area contributed by atoms with Crippen molar-refractivity contribution in [2.75, 3.05) is 23.3 Å². The first kappa shape index (κ1) is 21.9. The minimum Gasteiger partial charge on any atom is -0.347 e. The predicted octanol–water partition coefficient (Wildman–Crippen LogP) is 3.04. The number of fused-ring (bicyclic) bond motifs is 1. The lowest BCUT2D eigenvalue weighted by molar-refractivity contribution is -0.136. The van der Waals surface area contributed by atoms with Gasteiger partial charge < -0.3 is 15.5 Å². The fraction of sp³-hybridized carbons (Fsp3) is 0.292. The van der Waals surface area contributed by atoms with E-state index in [1.807, 2.05) is 39.9 Å². The first-order chi connectivity index (χ1) is 17.1. The van der Waals surface area contributed by atoms with Gasteiger partial charge in [-0.3, -0.25) is 14.4 Å². The molecule has 11 heteroatoms. The lowest BCUT2D eigenvalue weighted by Crippen LogP contribution is -2.39. The van der Waals surface area contributed by atoms with E-state index in [0.29, 0.717) is 37.3 Å². The number of anilines is 2. The Balaban J connectivity index is 1.08. The number of rotatable bonds is 5. The molecule has 4 aromatic rings. The molecule has 0 radical (unpaired) electrons. The van der Waals surface area contributed by atoms with Crippen LogP contribution >= 0.6 is 22.7 Å². The summed E-state index contributed by atoms with van der Waals surface area (Å²) in [4.78, 5) is 45.4. The van der Waals surface area contributed by atoms with E-state index in [4.69, 9.17) is 0 Å². The van der Waals surface area contributed by atoms with Gasteiger partial charge in [-0.2, -0.15) is 4.98 Å². The number of hydrogen-bond acceptors (Lipinski definition) is 7. The van der Waals surface area contributed by atoms with Crippen LogP contribution in [0.2, 0.25) is 0 Å². The monoisotopic (exact) mass is 506 g/mol. The van der Waals surface area contributed by atoms with E-state index in [-0.39, 0.29) is 5.91 Å². The number of nitrogens with zero attached hydrogens (tertiary/aromatic N) is 4. The molecule has 0 unspecified atom stereocenters.